The van der Waals surface area contributed by atoms with Crippen LogP contribution in [0.15, 0.2) is 18.2 Å². The fourth-order valence-corrected chi connectivity index (χ4v) is 4.96. The average Bonchev–Trinajstić information content (AvgIpc) is 3.14. The number of ether oxygens (including phenoxy) is 2. The van der Waals surface area contributed by atoms with E-state index in [0.717, 1.165) is 62.1 Å². The first-order chi connectivity index (χ1) is 13.1. The first kappa shape index (κ1) is 18.6. The molecular weight excluding hydrogens is 344 g/mol. The molecule has 1 aromatic carbocycles. The summed E-state index contributed by atoms with van der Waals surface area (Å²) in [6, 6.07) is 6.06. The minimum absolute atomic E-state index is 0.0194. The van der Waals surface area contributed by atoms with Gasteiger partial charge in [0, 0.05) is 25.0 Å². The second kappa shape index (κ2) is 7.68. The Morgan fingerprint density at radius 2 is 2.15 bits per heavy atom. The molecule has 4 rings (SSSR count). The maximum Gasteiger partial charge on any atom is 0.234 e. The predicted octanol–water partition coefficient (Wildman–Crippen LogP) is 2.61. The summed E-state index contributed by atoms with van der Waals surface area (Å²) >= 11 is 0. The van der Waals surface area contributed by atoms with E-state index in [2.05, 4.69) is 23.2 Å². The quantitative estimate of drug-likeness (QED) is 0.829. The Bertz CT molecular complexity index is 695. The topological polar surface area (TPSA) is 71.0 Å². The van der Waals surface area contributed by atoms with Crippen LogP contribution in [-0.4, -0.2) is 47.9 Å². The van der Waals surface area contributed by atoms with Gasteiger partial charge in [-0.1, -0.05) is 25.8 Å². The van der Waals surface area contributed by atoms with Gasteiger partial charge in [0.15, 0.2) is 11.5 Å². The fraction of sp³-hybridized carbons (Fsp3) is 0.667. The molecule has 0 radical (unpaired) electrons. The molecule has 3 atom stereocenters. The number of rotatable bonds is 5. The zero-order valence-electron chi connectivity index (χ0n) is 16.1. The van der Waals surface area contributed by atoms with E-state index in [9.17, 15) is 9.90 Å². The van der Waals surface area contributed by atoms with Gasteiger partial charge in [-0.3, -0.25) is 9.69 Å². The van der Waals surface area contributed by atoms with Crippen molar-refractivity contribution in [1.82, 2.24) is 10.2 Å². The molecule has 0 spiro atoms. The molecule has 148 valence electrons. The van der Waals surface area contributed by atoms with Crippen LogP contribution >= 0.6 is 0 Å². The van der Waals surface area contributed by atoms with Crippen LogP contribution in [0.1, 0.15) is 57.1 Å². The number of piperidine rings is 1. The van der Waals surface area contributed by atoms with Crippen molar-refractivity contribution < 1.29 is 19.4 Å². The van der Waals surface area contributed by atoms with E-state index in [0.29, 0.717) is 13.1 Å². The largest absolute Gasteiger partial charge is 0.454 e. The van der Waals surface area contributed by atoms with Crippen LogP contribution in [0, 0.1) is 5.92 Å². The molecule has 6 heteroatoms. The Hall–Kier alpha value is -1.79. The number of benzene rings is 1. The van der Waals surface area contributed by atoms with Crippen LogP contribution in [0.3, 0.4) is 0 Å². The normalized spacial score (nSPS) is 30.0. The van der Waals surface area contributed by atoms with Gasteiger partial charge in [-0.25, -0.2) is 0 Å². The number of hydrogen-bond acceptors (Lipinski definition) is 5. The summed E-state index contributed by atoms with van der Waals surface area (Å²) in [4.78, 5) is 14.7. The lowest BCUT2D eigenvalue weighted by Gasteiger charge is -2.52. The highest BCUT2D eigenvalue weighted by atomic mass is 16.7. The Labute approximate surface area is 160 Å². The van der Waals surface area contributed by atoms with Crippen LogP contribution in [0.5, 0.6) is 11.5 Å². The van der Waals surface area contributed by atoms with Crippen LogP contribution in [0.25, 0.3) is 0 Å². The molecule has 0 aromatic heterocycles. The molecule has 1 amide bonds. The van der Waals surface area contributed by atoms with Crippen molar-refractivity contribution in [3.05, 3.63) is 23.8 Å². The molecule has 0 bridgehead atoms. The zero-order chi connectivity index (χ0) is 18.9. The predicted molar refractivity (Wildman–Crippen MR) is 102 cm³/mol. The van der Waals surface area contributed by atoms with Gasteiger partial charge in [-0.2, -0.15) is 0 Å². The number of carbonyl (C=O) groups is 1. The Morgan fingerprint density at radius 3 is 3.00 bits per heavy atom. The summed E-state index contributed by atoms with van der Waals surface area (Å²) < 4.78 is 11.0. The van der Waals surface area contributed by atoms with E-state index in [1.165, 1.54) is 0 Å². The van der Waals surface area contributed by atoms with Gasteiger partial charge in [-0.05, 0) is 43.4 Å². The number of likely N-dealkylation sites (tertiary alicyclic amines) is 1. The van der Waals surface area contributed by atoms with Gasteiger partial charge in [0.05, 0.1) is 12.1 Å². The summed E-state index contributed by atoms with van der Waals surface area (Å²) in [7, 11) is 0. The molecule has 6 nitrogen and oxygen atoms in total. The van der Waals surface area contributed by atoms with Gasteiger partial charge in [0.25, 0.3) is 0 Å². The van der Waals surface area contributed by atoms with E-state index in [1.807, 2.05) is 12.1 Å². The monoisotopic (exact) mass is 374 g/mol. The summed E-state index contributed by atoms with van der Waals surface area (Å²) in [5.74, 6) is 1.72. The number of aliphatic hydroxyl groups is 1. The van der Waals surface area contributed by atoms with E-state index >= 15 is 0 Å². The first-order valence-corrected chi connectivity index (χ1v) is 10.2. The third kappa shape index (κ3) is 3.65. The standard InChI is InChI=1S/C21H30N2O4/c1-2-10-22-19(24)13-23-11-9-21(25)8-4-3-5-16(21)20(23)15-6-7-17-18(12-15)27-14-26-17/h6-7,12,16,20,25H,2-5,8-11,13-14H2,1H3,(H,22,24)/t16-,20-,21-/m0/s1. The average molecular weight is 374 g/mol. The number of fused-ring (bicyclic) bond motifs is 2. The van der Waals surface area contributed by atoms with E-state index in [-0.39, 0.29) is 24.7 Å². The number of amides is 1. The van der Waals surface area contributed by atoms with Crippen molar-refractivity contribution in [1.29, 1.82) is 0 Å². The molecule has 1 saturated heterocycles. The van der Waals surface area contributed by atoms with Gasteiger partial charge in [-0.15, -0.1) is 0 Å². The van der Waals surface area contributed by atoms with Gasteiger partial charge >= 0.3 is 0 Å². The Kier molecular flexibility index (Phi) is 5.28. The van der Waals surface area contributed by atoms with Crippen molar-refractivity contribution in [2.24, 2.45) is 5.92 Å². The third-order valence-corrected chi connectivity index (χ3v) is 6.33. The summed E-state index contributed by atoms with van der Waals surface area (Å²) in [5, 5.41) is 14.3. The molecule has 1 aliphatic carbocycles. The molecule has 1 saturated carbocycles. The fourth-order valence-electron chi connectivity index (χ4n) is 4.96. The molecule has 2 N–H and O–H groups in total. The van der Waals surface area contributed by atoms with Gasteiger partial charge in [0.1, 0.15) is 0 Å². The van der Waals surface area contributed by atoms with Crippen LogP contribution in [0.4, 0.5) is 0 Å². The third-order valence-electron chi connectivity index (χ3n) is 6.33. The summed E-state index contributed by atoms with van der Waals surface area (Å²) in [6.45, 7) is 4.10. The van der Waals surface area contributed by atoms with Crippen molar-refractivity contribution in [2.75, 3.05) is 26.4 Å². The minimum atomic E-state index is -0.629. The number of hydrogen-bond donors (Lipinski definition) is 2. The lowest BCUT2D eigenvalue weighted by atomic mass is 9.66. The van der Waals surface area contributed by atoms with Crippen LogP contribution < -0.4 is 14.8 Å². The van der Waals surface area contributed by atoms with Gasteiger partial charge < -0.3 is 19.9 Å². The molecule has 2 aliphatic heterocycles. The van der Waals surface area contributed by atoms with Crippen molar-refractivity contribution in [3.63, 3.8) is 0 Å². The molecule has 1 aromatic rings. The SMILES string of the molecule is CCCNC(=O)CN1CC[C@@]2(O)CCCC[C@H]2[C@@H]1c1ccc2c(c1)OCO2. The molecule has 27 heavy (non-hydrogen) atoms. The van der Waals surface area contributed by atoms with Crippen molar-refractivity contribution >= 4 is 5.91 Å². The van der Waals surface area contributed by atoms with E-state index in [1.54, 1.807) is 0 Å². The number of nitrogens with zero attached hydrogens (tertiary/aromatic N) is 1. The first-order valence-electron chi connectivity index (χ1n) is 10.2. The lowest BCUT2D eigenvalue weighted by Crippen LogP contribution is -2.56. The number of nitrogens with one attached hydrogen (secondary N) is 1. The number of carbonyl (C=O) groups excluding carboxylic acids is 1. The molecule has 2 heterocycles. The maximum atomic E-state index is 12.4. The highest BCUT2D eigenvalue weighted by molar-refractivity contribution is 5.78. The maximum absolute atomic E-state index is 12.4. The molecular formula is C21H30N2O4. The Balaban J connectivity index is 1.63. The molecule has 2 fully saturated rings. The molecule has 3 aliphatic rings. The smallest absolute Gasteiger partial charge is 0.234 e. The van der Waals surface area contributed by atoms with Crippen LogP contribution in [-0.2, 0) is 4.79 Å². The summed E-state index contributed by atoms with van der Waals surface area (Å²) in [5.41, 5.74) is 0.475. The van der Waals surface area contributed by atoms with E-state index < -0.39 is 5.60 Å². The van der Waals surface area contributed by atoms with E-state index in [4.69, 9.17) is 9.47 Å². The second-order valence-corrected chi connectivity index (χ2v) is 8.08. The second-order valence-electron chi connectivity index (χ2n) is 8.08. The van der Waals surface area contributed by atoms with Crippen molar-refractivity contribution in [2.45, 2.75) is 57.1 Å². The van der Waals surface area contributed by atoms with Crippen molar-refractivity contribution in [3.8, 4) is 11.5 Å². The van der Waals surface area contributed by atoms with Crippen LogP contribution in [0.2, 0.25) is 0 Å². The lowest BCUT2D eigenvalue weighted by molar-refractivity contribution is -0.137. The minimum Gasteiger partial charge on any atom is -0.454 e. The summed E-state index contributed by atoms with van der Waals surface area (Å²) in [6.07, 6.45) is 5.72. The Morgan fingerprint density at radius 1 is 1.30 bits per heavy atom. The highest BCUT2D eigenvalue weighted by Gasteiger charge is 2.49. The molecule has 0 unspecified atom stereocenters. The highest BCUT2D eigenvalue weighted by Crippen LogP contribution is 2.50. The zero-order valence-corrected chi connectivity index (χ0v) is 16.1. The van der Waals surface area contributed by atoms with Gasteiger partial charge in [0.2, 0.25) is 12.7 Å².